The lowest BCUT2D eigenvalue weighted by molar-refractivity contribution is -0.385. The van der Waals surface area contributed by atoms with E-state index in [-0.39, 0.29) is 29.6 Å². The van der Waals surface area contributed by atoms with Gasteiger partial charge < -0.3 is 11.1 Å². The van der Waals surface area contributed by atoms with Gasteiger partial charge >= 0.3 is 0 Å². The van der Waals surface area contributed by atoms with E-state index in [1.54, 1.807) is 0 Å². The second-order valence-corrected chi connectivity index (χ2v) is 6.83. The summed E-state index contributed by atoms with van der Waals surface area (Å²) in [6.07, 6.45) is 1.25. The van der Waals surface area contributed by atoms with E-state index >= 15 is 0 Å². The molecule has 1 aliphatic carbocycles. The molecule has 0 atom stereocenters. The summed E-state index contributed by atoms with van der Waals surface area (Å²) in [7, 11) is -3.87. The zero-order chi connectivity index (χ0) is 16.4. The van der Waals surface area contributed by atoms with Crippen molar-refractivity contribution in [3.8, 4) is 0 Å². The zero-order valence-corrected chi connectivity index (χ0v) is 12.4. The Bertz CT molecular complexity index is 699. The molecular weight excluding hydrogens is 312 g/mol. The van der Waals surface area contributed by atoms with Crippen LogP contribution in [0.5, 0.6) is 0 Å². The van der Waals surface area contributed by atoms with E-state index in [0.717, 1.165) is 6.07 Å². The second-order valence-electron chi connectivity index (χ2n) is 5.06. The van der Waals surface area contributed by atoms with Crippen molar-refractivity contribution in [2.24, 2.45) is 5.73 Å². The Morgan fingerprint density at radius 2 is 2.05 bits per heavy atom. The molecule has 1 aliphatic rings. The van der Waals surface area contributed by atoms with Crippen LogP contribution in [0.4, 0.5) is 5.69 Å². The number of sulfonamides is 1. The highest BCUT2D eigenvalue weighted by Crippen LogP contribution is 2.31. The number of nitrogens with two attached hydrogens (primary N) is 1. The van der Waals surface area contributed by atoms with Crippen LogP contribution in [0.15, 0.2) is 29.2 Å². The number of nitro groups is 1. The fraction of sp³-hybridized carbons (Fsp3) is 0.417. The number of hydrogen-bond acceptors (Lipinski definition) is 6. The molecule has 0 radical (unpaired) electrons. The summed E-state index contributed by atoms with van der Waals surface area (Å²) >= 11 is 0. The van der Waals surface area contributed by atoms with Crippen LogP contribution >= 0.6 is 0 Å². The van der Waals surface area contributed by atoms with Crippen LogP contribution in [0.2, 0.25) is 0 Å². The minimum atomic E-state index is -3.87. The third-order valence-corrected chi connectivity index (χ3v) is 4.74. The molecule has 22 heavy (non-hydrogen) atoms. The summed E-state index contributed by atoms with van der Waals surface area (Å²) in [6.45, 7) is 0.0544. The fourth-order valence-corrected chi connectivity index (χ4v) is 2.82. The average Bonchev–Trinajstić information content (AvgIpc) is 3.22. The van der Waals surface area contributed by atoms with Crippen LogP contribution in [0, 0.1) is 10.1 Å². The van der Waals surface area contributed by atoms with E-state index in [1.165, 1.54) is 18.2 Å². The number of rotatable bonds is 7. The summed E-state index contributed by atoms with van der Waals surface area (Å²) in [5.41, 5.74) is 4.56. The van der Waals surface area contributed by atoms with Crippen LogP contribution in [0.1, 0.15) is 12.8 Å². The Morgan fingerprint density at radius 1 is 1.36 bits per heavy atom. The molecule has 0 bridgehead atoms. The van der Waals surface area contributed by atoms with Crippen LogP contribution in [-0.4, -0.2) is 37.9 Å². The first kappa shape index (κ1) is 16.3. The zero-order valence-electron chi connectivity index (χ0n) is 11.6. The van der Waals surface area contributed by atoms with E-state index in [1.807, 2.05) is 0 Å². The maximum atomic E-state index is 12.0. The highest BCUT2D eigenvalue weighted by Gasteiger charge is 2.45. The van der Waals surface area contributed by atoms with Gasteiger partial charge in [0.25, 0.3) is 5.69 Å². The molecule has 120 valence electrons. The van der Waals surface area contributed by atoms with E-state index in [2.05, 4.69) is 10.0 Å². The first-order valence-electron chi connectivity index (χ1n) is 6.56. The topological polar surface area (TPSA) is 144 Å². The smallest absolute Gasteiger partial charge is 0.270 e. The summed E-state index contributed by atoms with van der Waals surface area (Å²) in [6, 6.07) is 4.72. The molecule has 10 heteroatoms. The number of carbonyl (C=O) groups is 1. The lowest BCUT2D eigenvalue weighted by Gasteiger charge is -2.11. The molecule has 2 rings (SSSR count). The molecule has 0 heterocycles. The van der Waals surface area contributed by atoms with Gasteiger partial charge in [-0.3, -0.25) is 14.9 Å². The summed E-state index contributed by atoms with van der Waals surface area (Å²) in [5, 5.41) is 13.2. The quantitative estimate of drug-likeness (QED) is 0.349. The first-order valence-corrected chi connectivity index (χ1v) is 8.04. The fourth-order valence-electron chi connectivity index (χ4n) is 1.75. The van der Waals surface area contributed by atoms with E-state index in [0.29, 0.717) is 12.8 Å². The first-order chi connectivity index (χ1) is 10.2. The third-order valence-electron chi connectivity index (χ3n) is 3.28. The van der Waals surface area contributed by atoms with E-state index in [4.69, 9.17) is 5.73 Å². The number of nitrogens with one attached hydrogen (secondary N) is 2. The molecular formula is C12H16N4O5S. The van der Waals surface area contributed by atoms with Crippen LogP contribution in [0.3, 0.4) is 0 Å². The number of non-ortho nitro benzene ring substituents is 1. The number of carbonyl (C=O) groups excluding carboxylic acids is 1. The monoisotopic (exact) mass is 328 g/mol. The van der Waals surface area contributed by atoms with Gasteiger partial charge in [0.05, 0.1) is 15.4 Å². The third kappa shape index (κ3) is 3.78. The van der Waals surface area contributed by atoms with Gasteiger partial charge in [-0.05, 0) is 18.9 Å². The molecule has 1 fully saturated rings. The lowest BCUT2D eigenvalue weighted by Crippen LogP contribution is -2.45. The standard InChI is InChI=1S/C12H16N4O5S/c13-12(4-5-12)11(17)14-6-7-15-22(20,21)10-3-1-2-9(8-10)16(18)19/h1-3,8,15H,4-7,13H2,(H,14,17). The van der Waals surface area contributed by atoms with Gasteiger partial charge in [0.15, 0.2) is 0 Å². The van der Waals surface area contributed by atoms with Crippen LogP contribution < -0.4 is 15.8 Å². The van der Waals surface area contributed by atoms with Crippen molar-refractivity contribution in [2.45, 2.75) is 23.3 Å². The number of benzene rings is 1. The van der Waals surface area contributed by atoms with Gasteiger partial charge in [-0.25, -0.2) is 13.1 Å². The lowest BCUT2D eigenvalue weighted by atomic mass is 10.3. The molecule has 1 amide bonds. The Balaban J connectivity index is 1.89. The van der Waals surface area contributed by atoms with Crippen molar-refractivity contribution < 1.29 is 18.1 Å². The molecule has 0 spiro atoms. The molecule has 0 aliphatic heterocycles. The number of nitro benzene ring substituents is 1. The number of nitrogens with zero attached hydrogens (tertiary/aromatic N) is 1. The summed E-state index contributed by atoms with van der Waals surface area (Å²) < 4.78 is 26.2. The predicted octanol–water partition coefficient (Wildman–Crippen LogP) is -0.519. The molecule has 4 N–H and O–H groups in total. The molecule has 0 unspecified atom stereocenters. The van der Waals surface area contributed by atoms with E-state index in [9.17, 15) is 23.3 Å². The molecule has 0 saturated heterocycles. The van der Waals surface area contributed by atoms with Crippen molar-refractivity contribution in [1.29, 1.82) is 0 Å². The van der Waals surface area contributed by atoms with Crippen molar-refractivity contribution >= 4 is 21.6 Å². The van der Waals surface area contributed by atoms with Crippen LogP contribution in [0.25, 0.3) is 0 Å². The van der Waals surface area contributed by atoms with Gasteiger partial charge in [0.2, 0.25) is 15.9 Å². The molecule has 1 aromatic rings. The minimum Gasteiger partial charge on any atom is -0.353 e. The van der Waals surface area contributed by atoms with Crippen molar-refractivity contribution in [1.82, 2.24) is 10.0 Å². The largest absolute Gasteiger partial charge is 0.353 e. The van der Waals surface area contributed by atoms with Crippen molar-refractivity contribution in [3.63, 3.8) is 0 Å². The number of hydrogen-bond donors (Lipinski definition) is 3. The summed E-state index contributed by atoms with van der Waals surface area (Å²) in [4.78, 5) is 21.3. The van der Waals surface area contributed by atoms with E-state index < -0.39 is 20.5 Å². The normalized spacial score (nSPS) is 16.0. The predicted molar refractivity (Wildman–Crippen MR) is 77.4 cm³/mol. The highest BCUT2D eigenvalue weighted by atomic mass is 32.2. The Hall–Kier alpha value is -2.04. The van der Waals surface area contributed by atoms with Crippen LogP contribution in [-0.2, 0) is 14.8 Å². The maximum Gasteiger partial charge on any atom is 0.270 e. The maximum absolute atomic E-state index is 12.0. The Labute approximate surface area is 127 Å². The van der Waals surface area contributed by atoms with Gasteiger partial charge in [0.1, 0.15) is 0 Å². The van der Waals surface area contributed by atoms with Gasteiger partial charge in [-0.15, -0.1) is 0 Å². The van der Waals surface area contributed by atoms with Crippen molar-refractivity contribution in [2.75, 3.05) is 13.1 Å². The number of amides is 1. The Kier molecular flexibility index (Phi) is 4.44. The van der Waals surface area contributed by atoms with Gasteiger partial charge in [-0.1, -0.05) is 6.07 Å². The SMILES string of the molecule is NC1(C(=O)NCCNS(=O)(=O)c2cccc([N+](=O)[O-])c2)CC1. The van der Waals surface area contributed by atoms with Crippen molar-refractivity contribution in [3.05, 3.63) is 34.4 Å². The molecule has 9 nitrogen and oxygen atoms in total. The molecule has 1 saturated carbocycles. The molecule has 0 aromatic heterocycles. The second kappa shape index (κ2) is 5.99. The average molecular weight is 328 g/mol. The van der Waals surface area contributed by atoms with Gasteiger partial charge in [-0.2, -0.15) is 0 Å². The van der Waals surface area contributed by atoms with Gasteiger partial charge in [0, 0.05) is 25.2 Å². The summed E-state index contributed by atoms with van der Waals surface area (Å²) in [5.74, 6) is -0.304. The minimum absolute atomic E-state index is 0.0349. The molecule has 1 aromatic carbocycles. The highest BCUT2D eigenvalue weighted by molar-refractivity contribution is 7.89. The Morgan fingerprint density at radius 3 is 2.64 bits per heavy atom.